The highest BCUT2D eigenvalue weighted by molar-refractivity contribution is 8.00. The molecule has 0 bridgehead atoms. The maximum atomic E-state index is 6.02. The Morgan fingerprint density at radius 3 is 2.35 bits per heavy atom. The Bertz CT molecular complexity index is 377. The molecule has 3 atom stereocenters. The first-order chi connectivity index (χ1) is 8.10. The van der Waals surface area contributed by atoms with Crippen molar-refractivity contribution in [1.82, 2.24) is 5.32 Å². The van der Waals surface area contributed by atoms with E-state index in [0.29, 0.717) is 17.2 Å². The molecule has 1 N–H and O–H groups in total. The zero-order valence-corrected chi connectivity index (χ0v) is 12.4. The van der Waals surface area contributed by atoms with E-state index >= 15 is 0 Å². The van der Waals surface area contributed by atoms with Gasteiger partial charge < -0.3 is 5.32 Å². The van der Waals surface area contributed by atoms with Crippen molar-refractivity contribution < 1.29 is 0 Å². The Balaban J connectivity index is 2.06. The Labute approximate surface area is 117 Å². The highest BCUT2D eigenvalue weighted by atomic mass is 35.5. The van der Waals surface area contributed by atoms with Gasteiger partial charge in [-0.05, 0) is 44.0 Å². The van der Waals surface area contributed by atoms with Gasteiger partial charge in [0.25, 0.3) is 0 Å². The van der Waals surface area contributed by atoms with Crippen LogP contribution >= 0.6 is 35.0 Å². The third-order valence-electron chi connectivity index (χ3n) is 3.48. The summed E-state index contributed by atoms with van der Waals surface area (Å²) in [6.07, 6.45) is 2.51. The van der Waals surface area contributed by atoms with Gasteiger partial charge in [0.15, 0.2) is 0 Å². The Morgan fingerprint density at radius 1 is 1.18 bits per heavy atom. The number of halogens is 2. The van der Waals surface area contributed by atoms with Gasteiger partial charge in [0.2, 0.25) is 0 Å². The minimum Gasteiger partial charge on any atom is -0.317 e. The van der Waals surface area contributed by atoms with Gasteiger partial charge >= 0.3 is 0 Å². The number of hydrogen-bond donors (Lipinski definition) is 1. The first-order valence-electron chi connectivity index (χ1n) is 5.90. The lowest BCUT2D eigenvalue weighted by Crippen LogP contribution is -2.29. The van der Waals surface area contributed by atoms with E-state index in [1.807, 2.05) is 30.9 Å². The van der Waals surface area contributed by atoms with E-state index in [0.717, 1.165) is 10.0 Å². The van der Waals surface area contributed by atoms with Gasteiger partial charge in [-0.25, -0.2) is 0 Å². The molecule has 0 heterocycles. The van der Waals surface area contributed by atoms with E-state index in [1.54, 1.807) is 6.07 Å². The average Bonchev–Trinajstić information content (AvgIpc) is 2.58. The molecular formula is C13H17Cl2NS. The zero-order chi connectivity index (χ0) is 12.4. The van der Waals surface area contributed by atoms with Crippen LogP contribution < -0.4 is 5.32 Å². The molecule has 1 aliphatic rings. The Hall–Kier alpha value is 0.110. The number of nitrogens with one attached hydrogen (secondary N) is 1. The number of benzene rings is 1. The quantitative estimate of drug-likeness (QED) is 0.881. The van der Waals surface area contributed by atoms with Crippen molar-refractivity contribution in [3.8, 4) is 0 Å². The molecule has 2 rings (SSSR count). The lowest BCUT2D eigenvalue weighted by atomic mass is 10.1. The van der Waals surface area contributed by atoms with Crippen LogP contribution in [0.1, 0.15) is 19.8 Å². The van der Waals surface area contributed by atoms with Crippen LogP contribution in [0, 0.1) is 5.92 Å². The molecule has 17 heavy (non-hydrogen) atoms. The molecular weight excluding hydrogens is 273 g/mol. The smallest absolute Gasteiger partial charge is 0.0431 e. The van der Waals surface area contributed by atoms with E-state index in [4.69, 9.17) is 23.2 Å². The molecule has 0 spiro atoms. The minimum atomic E-state index is 0.641. The van der Waals surface area contributed by atoms with Gasteiger partial charge in [-0.15, -0.1) is 11.8 Å². The van der Waals surface area contributed by atoms with E-state index < -0.39 is 0 Å². The fourth-order valence-corrected chi connectivity index (χ4v) is 4.53. The van der Waals surface area contributed by atoms with Crippen LogP contribution in [0.3, 0.4) is 0 Å². The summed E-state index contributed by atoms with van der Waals surface area (Å²) >= 11 is 13.9. The first kappa shape index (κ1) is 13.5. The fraction of sp³-hybridized carbons (Fsp3) is 0.538. The molecule has 0 amide bonds. The zero-order valence-electron chi connectivity index (χ0n) is 10.0. The second kappa shape index (κ2) is 5.83. The molecule has 1 nitrogen and oxygen atoms in total. The lowest BCUT2D eigenvalue weighted by molar-refractivity contribution is 0.464. The molecule has 0 aromatic heterocycles. The van der Waals surface area contributed by atoms with Crippen molar-refractivity contribution in [1.29, 1.82) is 0 Å². The van der Waals surface area contributed by atoms with Crippen molar-refractivity contribution in [3.63, 3.8) is 0 Å². The van der Waals surface area contributed by atoms with E-state index in [2.05, 4.69) is 12.2 Å². The predicted octanol–water partition coefficient (Wildman–Crippen LogP) is 4.47. The van der Waals surface area contributed by atoms with Crippen LogP contribution in [0.4, 0.5) is 0 Å². The third kappa shape index (κ3) is 3.31. The minimum absolute atomic E-state index is 0.641. The maximum absolute atomic E-state index is 6.02. The summed E-state index contributed by atoms with van der Waals surface area (Å²) in [5.41, 5.74) is 0. The highest BCUT2D eigenvalue weighted by Gasteiger charge is 2.32. The SMILES string of the molecule is CNC1CCC(Sc2cc(Cl)cc(Cl)c2)C1C. The molecule has 1 aliphatic carbocycles. The largest absolute Gasteiger partial charge is 0.317 e. The molecule has 3 unspecified atom stereocenters. The first-order valence-corrected chi connectivity index (χ1v) is 7.53. The van der Waals surface area contributed by atoms with Gasteiger partial charge in [-0.1, -0.05) is 30.1 Å². The van der Waals surface area contributed by atoms with E-state index in [-0.39, 0.29) is 0 Å². The summed E-state index contributed by atoms with van der Waals surface area (Å²) in [4.78, 5) is 1.18. The van der Waals surface area contributed by atoms with Crippen molar-refractivity contribution in [2.45, 2.75) is 36.0 Å². The molecule has 1 aromatic rings. The Kier molecular flexibility index (Phi) is 4.65. The van der Waals surface area contributed by atoms with Crippen LogP contribution in [-0.2, 0) is 0 Å². The van der Waals surface area contributed by atoms with Gasteiger partial charge in [-0.2, -0.15) is 0 Å². The average molecular weight is 290 g/mol. The summed E-state index contributed by atoms with van der Waals surface area (Å²) in [5.74, 6) is 0.683. The van der Waals surface area contributed by atoms with Crippen molar-refractivity contribution >= 4 is 35.0 Å². The lowest BCUT2D eigenvalue weighted by Gasteiger charge is -2.20. The van der Waals surface area contributed by atoms with Crippen LogP contribution in [-0.4, -0.2) is 18.3 Å². The fourth-order valence-electron chi connectivity index (χ4n) is 2.47. The molecule has 1 saturated carbocycles. The number of rotatable bonds is 3. The molecule has 0 radical (unpaired) electrons. The molecule has 0 aliphatic heterocycles. The van der Waals surface area contributed by atoms with Gasteiger partial charge in [0.1, 0.15) is 0 Å². The number of hydrogen-bond acceptors (Lipinski definition) is 2. The summed E-state index contributed by atoms with van der Waals surface area (Å²) in [7, 11) is 2.05. The standard InChI is InChI=1S/C13H17Cl2NS/c1-8-12(16-2)3-4-13(8)17-11-6-9(14)5-10(15)7-11/h5-8,12-13,16H,3-4H2,1-2H3. The van der Waals surface area contributed by atoms with Gasteiger partial charge in [0, 0.05) is 26.2 Å². The maximum Gasteiger partial charge on any atom is 0.0431 e. The van der Waals surface area contributed by atoms with Crippen LogP contribution in [0.15, 0.2) is 23.1 Å². The topological polar surface area (TPSA) is 12.0 Å². The molecule has 1 fully saturated rings. The number of thioether (sulfide) groups is 1. The normalized spacial score (nSPS) is 28.6. The molecule has 0 saturated heterocycles. The van der Waals surface area contributed by atoms with Gasteiger partial charge in [-0.3, -0.25) is 0 Å². The predicted molar refractivity (Wildman–Crippen MR) is 77.4 cm³/mol. The second-order valence-corrected chi connectivity index (χ2v) is 6.78. The van der Waals surface area contributed by atoms with E-state index in [9.17, 15) is 0 Å². The van der Waals surface area contributed by atoms with E-state index in [1.165, 1.54) is 17.7 Å². The van der Waals surface area contributed by atoms with Crippen molar-refractivity contribution in [2.24, 2.45) is 5.92 Å². The van der Waals surface area contributed by atoms with Crippen LogP contribution in [0.25, 0.3) is 0 Å². The van der Waals surface area contributed by atoms with Gasteiger partial charge in [0.05, 0.1) is 0 Å². The molecule has 1 aromatic carbocycles. The Morgan fingerprint density at radius 2 is 1.82 bits per heavy atom. The van der Waals surface area contributed by atoms with Crippen molar-refractivity contribution in [2.75, 3.05) is 7.05 Å². The molecule has 94 valence electrons. The highest BCUT2D eigenvalue weighted by Crippen LogP contribution is 2.40. The summed E-state index contributed by atoms with van der Waals surface area (Å²) in [5, 5.41) is 5.48. The van der Waals surface area contributed by atoms with Crippen LogP contribution in [0.2, 0.25) is 10.0 Å². The van der Waals surface area contributed by atoms with Crippen molar-refractivity contribution in [3.05, 3.63) is 28.2 Å². The summed E-state index contributed by atoms with van der Waals surface area (Å²) in [6, 6.07) is 6.42. The second-order valence-electron chi connectivity index (χ2n) is 4.59. The third-order valence-corrected chi connectivity index (χ3v) is 5.39. The monoisotopic (exact) mass is 289 g/mol. The molecule has 4 heteroatoms. The van der Waals surface area contributed by atoms with Crippen LogP contribution in [0.5, 0.6) is 0 Å². The summed E-state index contributed by atoms with van der Waals surface area (Å²) in [6.45, 7) is 2.32. The summed E-state index contributed by atoms with van der Waals surface area (Å²) < 4.78 is 0.